The Bertz CT molecular complexity index is 768. The smallest absolute Gasteiger partial charge is 0.263 e. The minimum Gasteiger partial charge on any atom is -0.277 e. The highest BCUT2D eigenvalue weighted by atomic mass is 79.9. The van der Waals surface area contributed by atoms with Gasteiger partial charge in [0.1, 0.15) is 10.7 Å². The minimum absolute atomic E-state index is 0.00931. The molecule has 2 aromatic carbocycles. The van der Waals surface area contributed by atoms with Crippen LogP contribution in [-0.2, 0) is 10.0 Å². The van der Waals surface area contributed by atoms with Gasteiger partial charge in [0.15, 0.2) is 0 Å². The molecule has 0 heterocycles. The fraction of sp³-hybridized carbons (Fsp3) is 0. The molecule has 0 atom stereocenters. The lowest BCUT2D eigenvalue weighted by Gasteiger charge is -2.10. The van der Waals surface area contributed by atoms with Crippen LogP contribution in [0.3, 0.4) is 0 Å². The van der Waals surface area contributed by atoms with E-state index in [2.05, 4.69) is 36.6 Å². The van der Waals surface area contributed by atoms with Gasteiger partial charge in [0.25, 0.3) is 10.0 Å². The minimum atomic E-state index is -3.90. The second-order valence-electron chi connectivity index (χ2n) is 3.80. The van der Waals surface area contributed by atoms with Crippen molar-refractivity contribution in [2.75, 3.05) is 4.72 Å². The van der Waals surface area contributed by atoms with Gasteiger partial charge in [0, 0.05) is 14.0 Å². The normalized spacial score (nSPS) is 11.4. The first-order valence-electron chi connectivity index (χ1n) is 5.22. The number of benzene rings is 2. The Morgan fingerprint density at radius 1 is 1.10 bits per heavy atom. The summed E-state index contributed by atoms with van der Waals surface area (Å²) in [6.45, 7) is 0. The molecular weight excluding hydrogens is 436 g/mol. The lowest BCUT2D eigenvalue weighted by atomic mass is 10.3. The molecule has 0 amide bonds. The predicted octanol–water partition coefficient (Wildman–Crippen LogP) is 4.80. The molecule has 0 bridgehead atoms. The summed E-state index contributed by atoms with van der Waals surface area (Å²) in [5, 5.41) is 0.190. The summed E-state index contributed by atoms with van der Waals surface area (Å²) in [4.78, 5) is 0.00931. The van der Waals surface area contributed by atoms with E-state index in [1.807, 2.05) is 0 Å². The van der Waals surface area contributed by atoms with Crippen molar-refractivity contribution in [3.63, 3.8) is 0 Å². The molecule has 0 saturated heterocycles. The van der Waals surface area contributed by atoms with Crippen molar-refractivity contribution in [3.05, 3.63) is 56.2 Å². The summed E-state index contributed by atoms with van der Waals surface area (Å²) >= 11 is 12.0. The lowest BCUT2D eigenvalue weighted by molar-refractivity contribution is 0.598. The molecule has 0 aromatic heterocycles. The lowest BCUT2D eigenvalue weighted by Crippen LogP contribution is -2.14. The number of hydrogen-bond donors (Lipinski definition) is 1. The average Bonchev–Trinajstić information content (AvgIpc) is 2.32. The summed E-state index contributed by atoms with van der Waals surface area (Å²) in [5.41, 5.74) is -0.163. The molecule has 8 heteroatoms. The molecular formula is C12H7Br2ClFNO2S. The zero-order chi connectivity index (χ0) is 14.9. The topological polar surface area (TPSA) is 46.2 Å². The van der Waals surface area contributed by atoms with Gasteiger partial charge >= 0.3 is 0 Å². The Morgan fingerprint density at radius 3 is 2.40 bits per heavy atom. The Morgan fingerprint density at radius 2 is 1.80 bits per heavy atom. The van der Waals surface area contributed by atoms with Crippen LogP contribution in [0.25, 0.3) is 0 Å². The standard InChI is InChI=1S/C12H7Br2ClFNO2S/c13-7-1-4-12(9(14)5-7)20(18,19)17-11-3-2-8(15)6-10(11)16/h1-6,17H. The van der Waals surface area contributed by atoms with Crippen molar-refractivity contribution in [2.24, 2.45) is 0 Å². The fourth-order valence-corrected chi connectivity index (χ4v) is 4.44. The van der Waals surface area contributed by atoms with Gasteiger partial charge in [-0.1, -0.05) is 27.5 Å². The highest BCUT2D eigenvalue weighted by molar-refractivity contribution is 9.11. The third-order valence-corrected chi connectivity index (χ3v) is 5.43. The van der Waals surface area contributed by atoms with Crippen molar-refractivity contribution >= 4 is 59.2 Å². The third kappa shape index (κ3) is 3.52. The average molecular weight is 444 g/mol. The fourth-order valence-electron chi connectivity index (χ4n) is 1.47. The molecule has 0 spiro atoms. The van der Waals surface area contributed by atoms with Gasteiger partial charge in [-0.25, -0.2) is 12.8 Å². The summed E-state index contributed by atoms with van der Waals surface area (Å²) in [5.74, 6) is -0.741. The Labute approximate surface area is 137 Å². The maximum absolute atomic E-state index is 13.6. The molecule has 0 aliphatic carbocycles. The summed E-state index contributed by atoms with van der Waals surface area (Å²) in [6.07, 6.45) is 0. The van der Waals surface area contributed by atoms with Gasteiger partial charge in [-0.05, 0) is 52.3 Å². The van der Waals surface area contributed by atoms with Crippen LogP contribution < -0.4 is 4.72 Å². The van der Waals surface area contributed by atoms with E-state index in [1.54, 1.807) is 12.1 Å². The molecule has 2 aromatic rings. The second kappa shape index (κ2) is 6.01. The van der Waals surface area contributed by atoms with Gasteiger partial charge in [-0.15, -0.1) is 0 Å². The Kier molecular flexibility index (Phi) is 4.73. The highest BCUT2D eigenvalue weighted by Crippen LogP contribution is 2.28. The second-order valence-corrected chi connectivity index (χ2v) is 7.66. The number of nitrogens with one attached hydrogen (secondary N) is 1. The molecule has 0 aliphatic heterocycles. The Hall–Kier alpha value is -0.630. The largest absolute Gasteiger partial charge is 0.277 e. The van der Waals surface area contributed by atoms with Gasteiger partial charge in [0.05, 0.1) is 5.69 Å². The van der Waals surface area contributed by atoms with Crippen molar-refractivity contribution in [1.29, 1.82) is 0 Å². The van der Waals surface area contributed by atoms with Crippen molar-refractivity contribution in [1.82, 2.24) is 0 Å². The molecule has 2 rings (SSSR count). The highest BCUT2D eigenvalue weighted by Gasteiger charge is 2.19. The molecule has 0 saturated carbocycles. The van der Waals surface area contributed by atoms with E-state index in [1.165, 1.54) is 18.2 Å². The number of rotatable bonds is 3. The monoisotopic (exact) mass is 441 g/mol. The SMILES string of the molecule is O=S(=O)(Nc1ccc(Cl)cc1F)c1ccc(Br)cc1Br. The molecule has 0 unspecified atom stereocenters. The number of halogens is 4. The van der Waals surface area contributed by atoms with Gasteiger partial charge < -0.3 is 0 Å². The zero-order valence-electron chi connectivity index (χ0n) is 9.70. The third-order valence-electron chi connectivity index (χ3n) is 2.36. The zero-order valence-corrected chi connectivity index (χ0v) is 14.4. The first-order chi connectivity index (χ1) is 9.29. The summed E-state index contributed by atoms with van der Waals surface area (Å²) in [7, 11) is -3.90. The number of hydrogen-bond acceptors (Lipinski definition) is 2. The van der Waals surface area contributed by atoms with Crippen LogP contribution in [-0.4, -0.2) is 8.42 Å². The summed E-state index contributed by atoms with van der Waals surface area (Å²) < 4.78 is 41.3. The molecule has 1 N–H and O–H groups in total. The van der Waals surface area contributed by atoms with E-state index in [9.17, 15) is 12.8 Å². The molecule has 3 nitrogen and oxygen atoms in total. The van der Waals surface area contributed by atoms with Gasteiger partial charge in [-0.3, -0.25) is 4.72 Å². The van der Waals surface area contributed by atoms with E-state index < -0.39 is 15.8 Å². The van der Waals surface area contributed by atoms with Gasteiger partial charge in [-0.2, -0.15) is 0 Å². The summed E-state index contributed by atoms with van der Waals surface area (Å²) in [6, 6.07) is 8.28. The van der Waals surface area contributed by atoms with Crippen molar-refractivity contribution in [2.45, 2.75) is 4.90 Å². The van der Waals surface area contributed by atoms with Crippen molar-refractivity contribution < 1.29 is 12.8 Å². The predicted molar refractivity (Wildman–Crippen MR) is 84.1 cm³/mol. The number of anilines is 1. The molecule has 106 valence electrons. The first-order valence-corrected chi connectivity index (χ1v) is 8.67. The molecule has 0 fully saturated rings. The van der Waals surface area contributed by atoms with Crippen LogP contribution >= 0.6 is 43.5 Å². The van der Waals surface area contributed by atoms with Crippen LogP contribution in [0.4, 0.5) is 10.1 Å². The number of sulfonamides is 1. The van der Waals surface area contributed by atoms with E-state index in [0.29, 0.717) is 4.47 Å². The van der Waals surface area contributed by atoms with Crippen molar-refractivity contribution in [3.8, 4) is 0 Å². The van der Waals surface area contributed by atoms with Crippen LogP contribution in [0.1, 0.15) is 0 Å². The first kappa shape index (κ1) is 15.8. The van der Waals surface area contributed by atoms with E-state index in [0.717, 1.165) is 10.5 Å². The van der Waals surface area contributed by atoms with Gasteiger partial charge in [0.2, 0.25) is 0 Å². The maximum Gasteiger partial charge on any atom is 0.263 e. The van der Waals surface area contributed by atoms with Crippen LogP contribution in [0, 0.1) is 5.82 Å². The van der Waals surface area contributed by atoms with Crippen LogP contribution in [0.2, 0.25) is 5.02 Å². The molecule has 0 aliphatic rings. The molecule has 0 radical (unpaired) electrons. The maximum atomic E-state index is 13.6. The van der Waals surface area contributed by atoms with E-state index in [-0.39, 0.29) is 15.6 Å². The quantitative estimate of drug-likeness (QED) is 0.741. The van der Waals surface area contributed by atoms with Crippen LogP contribution in [0.5, 0.6) is 0 Å². The van der Waals surface area contributed by atoms with E-state index in [4.69, 9.17) is 11.6 Å². The molecule has 20 heavy (non-hydrogen) atoms. The van der Waals surface area contributed by atoms with E-state index >= 15 is 0 Å². The Balaban J connectivity index is 2.41. The van der Waals surface area contributed by atoms with Crippen LogP contribution in [0.15, 0.2) is 50.2 Å².